The van der Waals surface area contributed by atoms with Crippen LogP contribution in [0.1, 0.15) is 62.7 Å². The van der Waals surface area contributed by atoms with Crippen molar-refractivity contribution in [3.05, 3.63) is 195 Å². The average molecular weight is 887 g/mol. The first-order valence-electron chi connectivity index (χ1n) is 22.3. The van der Waals surface area contributed by atoms with Crippen LogP contribution in [-0.4, -0.2) is 63.3 Å². The number of likely N-dealkylation sites (tertiary alicyclic amines) is 1. The number of pyridine rings is 1. The molecule has 0 aliphatic carbocycles. The number of esters is 1. The van der Waals surface area contributed by atoms with Gasteiger partial charge in [-0.1, -0.05) is 97.1 Å². The van der Waals surface area contributed by atoms with E-state index in [9.17, 15) is 29.7 Å². The number of aromatic nitrogens is 1. The van der Waals surface area contributed by atoms with Crippen LogP contribution in [0, 0.1) is 5.92 Å². The smallest absolute Gasteiger partial charge is 0.310 e. The number of aromatic amines is 1. The highest BCUT2D eigenvalue weighted by Gasteiger charge is 2.22. The number of benzene rings is 6. The molecule has 1 saturated heterocycles. The zero-order valence-electron chi connectivity index (χ0n) is 36.6. The number of hydrogen-bond acceptors (Lipinski definition) is 10. The van der Waals surface area contributed by atoms with Crippen LogP contribution >= 0.6 is 0 Å². The first-order valence-corrected chi connectivity index (χ1v) is 22.3. The molecule has 8 rings (SSSR count). The molecule has 0 saturated carbocycles. The summed E-state index contributed by atoms with van der Waals surface area (Å²) in [5.74, 6) is 0.432. The molecule has 6 N–H and O–H groups in total. The fourth-order valence-electron chi connectivity index (χ4n) is 8.37. The van der Waals surface area contributed by atoms with Gasteiger partial charge in [0.25, 0.3) is 5.91 Å². The van der Waals surface area contributed by atoms with E-state index in [2.05, 4.69) is 44.8 Å². The molecule has 12 heteroatoms. The lowest BCUT2D eigenvalue weighted by Gasteiger charge is -2.31. The maximum Gasteiger partial charge on any atom is 0.310 e. The van der Waals surface area contributed by atoms with Crippen LogP contribution in [0.4, 0.5) is 0 Å². The molecule has 0 radical (unpaired) electrons. The highest BCUT2D eigenvalue weighted by molar-refractivity contribution is 5.94. The van der Waals surface area contributed by atoms with Crippen molar-refractivity contribution in [3.8, 4) is 28.4 Å². The van der Waals surface area contributed by atoms with E-state index in [1.807, 2.05) is 72.8 Å². The van der Waals surface area contributed by atoms with Crippen LogP contribution in [0.2, 0.25) is 0 Å². The fraction of sp³-hybridized carbons (Fsp3) is 0.241. The van der Waals surface area contributed by atoms with Crippen molar-refractivity contribution >= 4 is 22.8 Å². The maximum absolute atomic E-state index is 13.1. The lowest BCUT2D eigenvalue weighted by atomic mass is 9.96. The first-order chi connectivity index (χ1) is 32.1. The van der Waals surface area contributed by atoms with Gasteiger partial charge in [0.15, 0.2) is 0 Å². The lowest BCUT2D eigenvalue weighted by Crippen LogP contribution is -2.35. The molecule has 6 aromatic carbocycles. The summed E-state index contributed by atoms with van der Waals surface area (Å²) in [6.45, 7) is 4.61. The third-order valence-electron chi connectivity index (χ3n) is 12.1. The standard InChI is InChI=1S/C54H54N4O8/c59-47-11-5-9-43(29-51(63)66-35-40-24-26-58(27-25-40)33-38-6-2-1-3-7-38)52(47)42-8-4-10-44(28-42)65-34-39-14-12-37(13-15-39)31-56-54(64)41-18-16-36(17-19-41)30-55-32-49(61)45-20-22-48(60)53-46(45)21-23-50(62)57-53/h1-23,28,40,49,55,59-61H,24-27,29-35H2,(H,56,64)(H,57,62)/t49-/m0/s1. The summed E-state index contributed by atoms with van der Waals surface area (Å²) in [6.07, 6.45) is 1.13. The number of nitrogens with one attached hydrogen (secondary N) is 3. The summed E-state index contributed by atoms with van der Waals surface area (Å²) >= 11 is 0. The largest absolute Gasteiger partial charge is 0.507 e. The molecule has 1 aliphatic rings. The summed E-state index contributed by atoms with van der Waals surface area (Å²) in [7, 11) is 0. The van der Waals surface area contributed by atoms with Crippen molar-refractivity contribution in [3.63, 3.8) is 0 Å². The van der Waals surface area contributed by atoms with Gasteiger partial charge in [-0.15, -0.1) is 0 Å². The molecule has 0 unspecified atom stereocenters. The number of piperidine rings is 1. The SMILES string of the molecule is O=C(Cc1cccc(O)c1-c1cccc(OCc2ccc(CNC(=O)c3ccc(CNC[C@H](O)c4ccc(O)c5[nH]c(=O)ccc45)cc3)cc2)c1)OCC1CCN(Cc2ccccc2)CC1. The molecule has 66 heavy (non-hydrogen) atoms. The number of fused-ring (bicyclic) bond motifs is 1. The van der Waals surface area contributed by atoms with Crippen LogP contribution in [0.15, 0.2) is 150 Å². The summed E-state index contributed by atoms with van der Waals surface area (Å²) in [5, 5.41) is 38.7. The zero-order chi connectivity index (χ0) is 45.8. The molecule has 0 spiro atoms. The van der Waals surface area contributed by atoms with Gasteiger partial charge in [0.2, 0.25) is 5.56 Å². The van der Waals surface area contributed by atoms with E-state index in [0.29, 0.717) is 65.6 Å². The minimum Gasteiger partial charge on any atom is -0.507 e. The number of phenolic OH excluding ortho intramolecular Hbond substituents is 2. The minimum atomic E-state index is -0.880. The van der Waals surface area contributed by atoms with Crippen LogP contribution in [-0.2, 0) is 42.2 Å². The number of phenols is 2. The van der Waals surface area contributed by atoms with Crippen LogP contribution in [0.3, 0.4) is 0 Å². The summed E-state index contributed by atoms with van der Waals surface area (Å²) in [4.78, 5) is 42.9. The van der Waals surface area contributed by atoms with Gasteiger partial charge in [-0.25, -0.2) is 0 Å². The van der Waals surface area contributed by atoms with E-state index in [4.69, 9.17) is 9.47 Å². The number of carbonyl (C=O) groups is 2. The molecule has 0 bridgehead atoms. The van der Waals surface area contributed by atoms with Crippen molar-refractivity contribution < 1.29 is 34.4 Å². The summed E-state index contributed by atoms with van der Waals surface area (Å²) < 4.78 is 11.9. The highest BCUT2D eigenvalue weighted by Crippen LogP contribution is 2.35. The quantitative estimate of drug-likeness (QED) is 0.0465. The topological polar surface area (TPSA) is 173 Å². The zero-order valence-corrected chi connectivity index (χ0v) is 36.6. The predicted octanol–water partition coefficient (Wildman–Crippen LogP) is 7.94. The van der Waals surface area contributed by atoms with Gasteiger partial charge in [-0.05, 0) is 113 Å². The number of ether oxygens (including phenoxy) is 2. The summed E-state index contributed by atoms with van der Waals surface area (Å²) in [5.41, 5.74) is 7.13. The van der Waals surface area contributed by atoms with E-state index >= 15 is 0 Å². The van der Waals surface area contributed by atoms with E-state index in [-0.39, 0.29) is 47.4 Å². The van der Waals surface area contributed by atoms with Gasteiger partial charge < -0.3 is 40.4 Å². The molecule has 2 heterocycles. The number of aromatic hydroxyl groups is 2. The Kier molecular flexibility index (Phi) is 14.8. The fourth-order valence-corrected chi connectivity index (χ4v) is 8.37. The third-order valence-corrected chi connectivity index (χ3v) is 12.1. The Morgan fingerprint density at radius 2 is 1.47 bits per heavy atom. The van der Waals surface area contributed by atoms with Gasteiger partial charge in [0.05, 0.1) is 24.6 Å². The molecule has 1 atom stereocenters. The van der Waals surface area contributed by atoms with Crippen molar-refractivity contribution in [2.75, 3.05) is 26.2 Å². The van der Waals surface area contributed by atoms with Crippen LogP contribution in [0.5, 0.6) is 17.2 Å². The Morgan fingerprint density at radius 3 is 2.26 bits per heavy atom. The number of hydrogen-bond donors (Lipinski definition) is 6. The molecular formula is C54H54N4O8. The van der Waals surface area contributed by atoms with E-state index < -0.39 is 6.10 Å². The molecule has 1 aromatic heterocycles. The highest BCUT2D eigenvalue weighted by atomic mass is 16.5. The monoisotopic (exact) mass is 886 g/mol. The van der Waals surface area contributed by atoms with Crippen molar-refractivity contribution in [2.45, 2.75) is 51.6 Å². The Balaban J connectivity index is 0.768. The third kappa shape index (κ3) is 11.9. The normalized spacial score (nSPS) is 13.6. The number of nitrogens with zero attached hydrogens (tertiary/aromatic N) is 1. The molecule has 338 valence electrons. The van der Waals surface area contributed by atoms with Crippen LogP contribution in [0.25, 0.3) is 22.0 Å². The maximum atomic E-state index is 13.1. The van der Waals surface area contributed by atoms with Gasteiger partial charge in [-0.2, -0.15) is 0 Å². The number of rotatable bonds is 18. The van der Waals surface area contributed by atoms with Crippen molar-refractivity contribution in [1.82, 2.24) is 20.5 Å². The Hall–Kier alpha value is -7.25. The van der Waals surface area contributed by atoms with Gasteiger partial charge in [0.1, 0.15) is 23.9 Å². The first kappa shape index (κ1) is 45.3. The second-order valence-electron chi connectivity index (χ2n) is 16.8. The second-order valence-corrected chi connectivity index (χ2v) is 16.8. The van der Waals surface area contributed by atoms with Crippen molar-refractivity contribution in [2.24, 2.45) is 5.92 Å². The number of H-pyrrole nitrogens is 1. The van der Waals surface area contributed by atoms with E-state index in [1.165, 1.54) is 17.7 Å². The van der Waals surface area contributed by atoms with Gasteiger partial charge in [-0.3, -0.25) is 19.3 Å². The average Bonchev–Trinajstić information content (AvgIpc) is 3.33. The Labute approximate surface area is 383 Å². The van der Waals surface area contributed by atoms with Gasteiger partial charge in [0, 0.05) is 48.8 Å². The van der Waals surface area contributed by atoms with E-state index in [1.54, 1.807) is 36.4 Å². The molecule has 1 fully saturated rings. The Morgan fingerprint density at radius 1 is 0.742 bits per heavy atom. The number of carbonyl (C=O) groups excluding carboxylic acids is 2. The number of aliphatic hydroxyl groups excluding tert-OH is 1. The second kappa shape index (κ2) is 21.6. The minimum absolute atomic E-state index is 0.0426. The molecular weight excluding hydrogens is 833 g/mol. The predicted molar refractivity (Wildman–Crippen MR) is 254 cm³/mol. The van der Waals surface area contributed by atoms with Gasteiger partial charge >= 0.3 is 5.97 Å². The molecule has 1 aliphatic heterocycles. The van der Waals surface area contributed by atoms with Crippen molar-refractivity contribution in [1.29, 1.82) is 0 Å². The van der Waals surface area contributed by atoms with E-state index in [0.717, 1.165) is 54.7 Å². The summed E-state index contributed by atoms with van der Waals surface area (Å²) in [6, 6.07) is 44.2. The molecule has 7 aromatic rings. The lowest BCUT2D eigenvalue weighted by molar-refractivity contribution is -0.144. The van der Waals surface area contributed by atoms with Crippen LogP contribution < -0.4 is 20.9 Å². The number of aliphatic hydroxyl groups is 1. The molecule has 1 amide bonds. The Bertz CT molecular complexity index is 2800. The molecule has 12 nitrogen and oxygen atoms in total. The number of amides is 1.